The molecule has 132 valence electrons. The Morgan fingerprint density at radius 3 is 2.65 bits per heavy atom. The number of carbonyl (C=O) groups is 1. The van der Waals surface area contributed by atoms with Gasteiger partial charge in [0, 0.05) is 28.1 Å². The number of carbonyl (C=O) groups excluding carboxylic acids is 1. The van der Waals surface area contributed by atoms with Crippen LogP contribution in [0.3, 0.4) is 0 Å². The summed E-state index contributed by atoms with van der Waals surface area (Å²) in [6, 6.07) is 10.6. The largest absolute Gasteiger partial charge is 0.298 e. The van der Waals surface area contributed by atoms with Gasteiger partial charge in [0.2, 0.25) is 0 Å². The highest BCUT2D eigenvalue weighted by atomic mass is 32.1. The summed E-state index contributed by atoms with van der Waals surface area (Å²) in [5.74, 6) is -0.410. The minimum atomic E-state index is -0.492. The van der Waals surface area contributed by atoms with Crippen LogP contribution < -0.4 is 5.32 Å². The molecule has 0 spiro atoms. The fourth-order valence-corrected chi connectivity index (χ4v) is 3.49. The summed E-state index contributed by atoms with van der Waals surface area (Å²) in [7, 11) is 0. The van der Waals surface area contributed by atoms with Crippen LogP contribution in [-0.4, -0.2) is 15.8 Å². The lowest BCUT2D eigenvalue weighted by Crippen LogP contribution is -2.14. The highest BCUT2D eigenvalue weighted by Gasteiger charge is 2.19. The SMILES string of the molecule is Cc1ccc(-c2csc(NC(=O)c3cccc([N+](=O)[O-])c3C)n2)c(C)c1. The predicted octanol–water partition coefficient (Wildman–Crippen LogP) is 4.90. The standard InChI is InChI=1S/C19H17N3O3S/c1-11-7-8-14(12(2)9-11)16-10-26-19(20-16)21-18(23)15-5-4-6-17(13(15)3)22(24)25/h4-10H,1-3H3,(H,20,21,23). The topological polar surface area (TPSA) is 85.1 Å². The molecule has 7 heteroatoms. The van der Waals surface area contributed by atoms with Crippen molar-refractivity contribution in [2.75, 3.05) is 5.32 Å². The molecule has 0 aliphatic carbocycles. The molecule has 0 bridgehead atoms. The second kappa shape index (κ2) is 7.05. The van der Waals surface area contributed by atoms with Crippen molar-refractivity contribution in [3.05, 3.63) is 74.1 Å². The van der Waals surface area contributed by atoms with Gasteiger partial charge in [-0.05, 0) is 32.4 Å². The van der Waals surface area contributed by atoms with Gasteiger partial charge in [-0.2, -0.15) is 0 Å². The van der Waals surface area contributed by atoms with Crippen LogP contribution in [0.25, 0.3) is 11.3 Å². The van der Waals surface area contributed by atoms with Crippen LogP contribution in [0, 0.1) is 30.9 Å². The van der Waals surface area contributed by atoms with Crippen molar-refractivity contribution in [2.24, 2.45) is 0 Å². The molecule has 1 amide bonds. The number of thiazole rings is 1. The quantitative estimate of drug-likeness (QED) is 0.525. The third kappa shape index (κ3) is 3.48. The van der Waals surface area contributed by atoms with Gasteiger partial charge in [0.05, 0.1) is 10.6 Å². The average molecular weight is 367 g/mol. The Balaban J connectivity index is 1.85. The number of hydrogen-bond donors (Lipinski definition) is 1. The Morgan fingerprint density at radius 1 is 1.19 bits per heavy atom. The van der Waals surface area contributed by atoms with Gasteiger partial charge in [0.25, 0.3) is 11.6 Å². The number of nitro groups is 1. The van der Waals surface area contributed by atoms with E-state index in [1.54, 1.807) is 13.0 Å². The van der Waals surface area contributed by atoms with Gasteiger partial charge in [-0.1, -0.05) is 29.8 Å². The summed E-state index contributed by atoms with van der Waals surface area (Å²) < 4.78 is 0. The maximum absolute atomic E-state index is 12.5. The van der Waals surface area contributed by atoms with Crippen molar-refractivity contribution in [3.8, 4) is 11.3 Å². The molecule has 0 saturated heterocycles. The van der Waals surface area contributed by atoms with Crippen molar-refractivity contribution >= 4 is 28.1 Å². The zero-order chi connectivity index (χ0) is 18.8. The van der Waals surface area contributed by atoms with Crippen LogP contribution in [0.2, 0.25) is 0 Å². The van der Waals surface area contributed by atoms with E-state index in [9.17, 15) is 14.9 Å². The molecule has 1 heterocycles. The van der Waals surface area contributed by atoms with Crippen LogP contribution in [0.5, 0.6) is 0 Å². The third-order valence-corrected chi connectivity index (χ3v) is 4.89. The van der Waals surface area contributed by atoms with E-state index in [-0.39, 0.29) is 11.3 Å². The fourth-order valence-electron chi connectivity index (χ4n) is 2.79. The molecule has 2 aromatic carbocycles. The van der Waals surface area contributed by atoms with Crippen LogP contribution in [0.1, 0.15) is 27.0 Å². The van der Waals surface area contributed by atoms with Crippen molar-refractivity contribution < 1.29 is 9.72 Å². The van der Waals surface area contributed by atoms with Gasteiger partial charge in [-0.25, -0.2) is 4.98 Å². The van der Waals surface area contributed by atoms with Crippen LogP contribution >= 0.6 is 11.3 Å². The summed E-state index contributed by atoms with van der Waals surface area (Å²) in [4.78, 5) is 27.5. The molecular formula is C19H17N3O3S. The molecule has 26 heavy (non-hydrogen) atoms. The Morgan fingerprint density at radius 2 is 1.96 bits per heavy atom. The molecule has 0 saturated carbocycles. The summed E-state index contributed by atoms with van der Waals surface area (Å²) in [6.45, 7) is 5.62. The first-order valence-corrected chi connectivity index (χ1v) is 8.83. The summed E-state index contributed by atoms with van der Waals surface area (Å²) in [5.41, 5.74) is 4.62. The Bertz CT molecular complexity index is 1010. The second-order valence-corrected chi connectivity index (χ2v) is 6.88. The van der Waals surface area contributed by atoms with E-state index in [4.69, 9.17) is 0 Å². The third-order valence-electron chi connectivity index (χ3n) is 4.13. The number of hydrogen-bond acceptors (Lipinski definition) is 5. The number of amides is 1. The molecule has 0 fully saturated rings. The molecular weight excluding hydrogens is 350 g/mol. The number of nitro benzene ring substituents is 1. The van der Waals surface area contributed by atoms with E-state index >= 15 is 0 Å². The summed E-state index contributed by atoms with van der Waals surface area (Å²) >= 11 is 1.32. The number of nitrogens with one attached hydrogen (secondary N) is 1. The predicted molar refractivity (Wildman–Crippen MR) is 103 cm³/mol. The summed E-state index contributed by atoms with van der Waals surface area (Å²) in [5, 5.41) is 16.1. The first-order valence-electron chi connectivity index (χ1n) is 7.95. The Kier molecular flexibility index (Phi) is 4.81. The smallest absolute Gasteiger partial charge is 0.273 e. The maximum Gasteiger partial charge on any atom is 0.273 e. The van der Waals surface area contributed by atoms with Gasteiger partial charge in [-0.15, -0.1) is 11.3 Å². The molecule has 1 N–H and O–H groups in total. The molecule has 0 aliphatic heterocycles. The van der Waals surface area contributed by atoms with Crippen molar-refractivity contribution in [1.82, 2.24) is 4.98 Å². The lowest BCUT2D eigenvalue weighted by molar-refractivity contribution is -0.385. The molecule has 3 aromatic rings. The van der Waals surface area contributed by atoms with Gasteiger partial charge in [0.1, 0.15) is 0 Å². The molecule has 0 radical (unpaired) electrons. The number of benzene rings is 2. The van der Waals surface area contributed by atoms with Gasteiger partial charge >= 0.3 is 0 Å². The van der Waals surface area contributed by atoms with E-state index in [1.807, 2.05) is 31.4 Å². The molecule has 0 atom stereocenters. The van der Waals surface area contributed by atoms with E-state index in [0.717, 1.165) is 16.8 Å². The second-order valence-electron chi connectivity index (χ2n) is 6.02. The normalized spacial score (nSPS) is 10.6. The lowest BCUT2D eigenvalue weighted by atomic mass is 10.0. The first-order chi connectivity index (χ1) is 12.4. The zero-order valence-corrected chi connectivity index (χ0v) is 15.4. The molecule has 0 unspecified atom stereocenters. The highest BCUT2D eigenvalue weighted by molar-refractivity contribution is 7.14. The summed E-state index contributed by atoms with van der Waals surface area (Å²) in [6.07, 6.45) is 0. The number of nitrogens with zero attached hydrogens (tertiary/aromatic N) is 2. The van der Waals surface area contributed by atoms with E-state index < -0.39 is 10.8 Å². The molecule has 3 rings (SSSR count). The van der Waals surface area contributed by atoms with E-state index in [2.05, 4.69) is 16.4 Å². The van der Waals surface area contributed by atoms with Crippen LogP contribution in [-0.2, 0) is 0 Å². The van der Waals surface area contributed by atoms with Crippen molar-refractivity contribution in [2.45, 2.75) is 20.8 Å². The number of rotatable bonds is 4. The monoisotopic (exact) mass is 367 g/mol. The molecule has 1 aromatic heterocycles. The minimum absolute atomic E-state index is 0.0762. The highest BCUT2D eigenvalue weighted by Crippen LogP contribution is 2.29. The fraction of sp³-hybridized carbons (Fsp3) is 0.158. The van der Waals surface area contributed by atoms with Gasteiger partial charge in [0.15, 0.2) is 5.13 Å². The number of anilines is 1. The molecule has 0 aliphatic rings. The van der Waals surface area contributed by atoms with E-state index in [1.165, 1.54) is 29.0 Å². The zero-order valence-electron chi connectivity index (χ0n) is 14.6. The van der Waals surface area contributed by atoms with Crippen LogP contribution in [0.4, 0.5) is 10.8 Å². The van der Waals surface area contributed by atoms with Gasteiger partial charge < -0.3 is 0 Å². The maximum atomic E-state index is 12.5. The average Bonchev–Trinajstić information content (AvgIpc) is 3.02. The minimum Gasteiger partial charge on any atom is -0.298 e. The van der Waals surface area contributed by atoms with Crippen molar-refractivity contribution in [1.29, 1.82) is 0 Å². The Hall–Kier alpha value is -3.06. The first kappa shape index (κ1) is 17.8. The van der Waals surface area contributed by atoms with Crippen LogP contribution in [0.15, 0.2) is 41.8 Å². The van der Waals surface area contributed by atoms with Gasteiger partial charge in [-0.3, -0.25) is 20.2 Å². The van der Waals surface area contributed by atoms with E-state index in [0.29, 0.717) is 10.7 Å². The lowest BCUT2D eigenvalue weighted by Gasteiger charge is -2.06. The number of aromatic nitrogens is 1. The molecule has 6 nitrogen and oxygen atoms in total. The Labute approximate surface area is 154 Å². The number of aryl methyl sites for hydroxylation is 2. The van der Waals surface area contributed by atoms with Crippen molar-refractivity contribution in [3.63, 3.8) is 0 Å².